The number of carbonyl (C=O) groups excluding carboxylic acids is 1. The van der Waals surface area contributed by atoms with Gasteiger partial charge in [0.1, 0.15) is 5.76 Å². The molecule has 0 bridgehead atoms. The first kappa shape index (κ1) is 14.7. The number of nitrogens with zero attached hydrogens (tertiary/aromatic N) is 1. The van der Waals surface area contributed by atoms with E-state index in [1.165, 1.54) is 13.2 Å². The van der Waals surface area contributed by atoms with Crippen molar-refractivity contribution in [1.29, 1.82) is 0 Å². The van der Waals surface area contributed by atoms with Crippen LogP contribution in [0.25, 0.3) is 0 Å². The lowest BCUT2D eigenvalue weighted by atomic mass is 9.85. The highest BCUT2D eigenvalue weighted by Gasteiger charge is 2.34. The van der Waals surface area contributed by atoms with Crippen LogP contribution >= 0.6 is 0 Å². The molecule has 20 heavy (non-hydrogen) atoms. The van der Waals surface area contributed by atoms with E-state index in [2.05, 4.69) is 19.0 Å². The van der Waals surface area contributed by atoms with E-state index in [-0.39, 0.29) is 23.6 Å². The third-order valence-corrected chi connectivity index (χ3v) is 3.81. The maximum absolute atomic E-state index is 11.8. The molecule has 0 aliphatic carbocycles. The molecule has 6 nitrogen and oxygen atoms in total. The fraction of sp³-hybridized carbons (Fsp3) is 0.714. The molecule has 1 aromatic heterocycles. The molecule has 1 aromatic rings. The van der Waals surface area contributed by atoms with E-state index >= 15 is 0 Å². The van der Waals surface area contributed by atoms with Gasteiger partial charge in [0.25, 0.3) is 5.56 Å². The van der Waals surface area contributed by atoms with Crippen LogP contribution in [0.2, 0.25) is 0 Å². The standard InChI is InChI=1S/C14H22N2O4/c1-9(2)6-11-7-10(12-8-13(17)15-20-12)4-5-16(11)14(18)19-3/h8-11H,4-7H2,1-3H3,(H,15,17)/t10-,11+/m0/s1. The Labute approximate surface area is 118 Å². The Morgan fingerprint density at radius 1 is 1.60 bits per heavy atom. The largest absolute Gasteiger partial charge is 0.453 e. The van der Waals surface area contributed by atoms with Gasteiger partial charge in [-0.3, -0.25) is 4.79 Å². The summed E-state index contributed by atoms with van der Waals surface area (Å²) in [6, 6.07) is 1.63. The Hall–Kier alpha value is -1.72. The average Bonchev–Trinajstić information content (AvgIpc) is 2.84. The molecule has 1 fully saturated rings. The van der Waals surface area contributed by atoms with Gasteiger partial charge in [0.05, 0.1) is 7.11 Å². The van der Waals surface area contributed by atoms with Crippen molar-refractivity contribution in [1.82, 2.24) is 10.1 Å². The molecule has 1 aliphatic rings. The van der Waals surface area contributed by atoms with Crippen LogP contribution in [0, 0.1) is 5.92 Å². The number of carbonyl (C=O) groups is 1. The van der Waals surface area contributed by atoms with E-state index in [0.29, 0.717) is 18.2 Å². The number of rotatable bonds is 3. The minimum atomic E-state index is -0.273. The van der Waals surface area contributed by atoms with Crippen LogP contribution in [0.1, 0.15) is 44.8 Å². The lowest BCUT2D eigenvalue weighted by Gasteiger charge is -2.38. The van der Waals surface area contributed by atoms with Gasteiger partial charge in [0, 0.05) is 24.6 Å². The summed E-state index contributed by atoms with van der Waals surface area (Å²) in [6.45, 7) is 4.90. The zero-order chi connectivity index (χ0) is 14.7. The van der Waals surface area contributed by atoms with Crippen molar-refractivity contribution in [3.8, 4) is 0 Å². The van der Waals surface area contributed by atoms with Crippen molar-refractivity contribution in [2.45, 2.75) is 45.1 Å². The molecule has 2 atom stereocenters. The second-order valence-corrected chi connectivity index (χ2v) is 5.78. The van der Waals surface area contributed by atoms with Crippen LogP contribution in [0.5, 0.6) is 0 Å². The van der Waals surface area contributed by atoms with Crippen LogP contribution in [0.4, 0.5) is 4.79 Å². The van der Waals surface area contributed by atoms with E-state index in [0.717, 1.165) is 19.3 Å². The SMILES string of the molecule is COC(=O)N1CC[C@H](c2cc(=O)[nH]o2)C[C@H]1CC(C)C. The van der Waals surface area contributed by atoms with Crippen molar-refractivity contribution < 1.29 is 14.1 Å². The van der Waals surface area contributed by atoms with E-state index in [1.807, 2.05) is 0 Å². The van der Waals surface area contributed by atoms with Crippen molar-refractivity contribution >= 4 is 6.09 Å². The Morgan fingerprint density at radius 3 is 2.90 bits per heavy atom. The van der Waals surface area contributed by atoms with Gasteiger partial charge in [-0.15, -0.1) is 0 Å². The summed E-state index contributed by atoms with van der Waals surface area (Å²) in [5, 5.41) is 2.33. The van der Waals surface area contributed by atoms with Crippen LogP contribution in [0.3, 0.4) is 0 Å². The van der Waals surface area contributed by atoms with Crippen LogP contribution in [-0.2, 0) is 4.74 Å². The second kappa shape index (κ2) is 6.15. The molecule has 1 amide bonds. The Morgan fingerprint density at radius 2 is 2.35 bits per heavy atom. The molecule has 0 spiro atoms. The molecule has 0 radical (unpaired) electrons. The zero-order valence-corrected chi connectivity index (χ0v) is 12.2. The fourth-order valence-electron chi connectivity index (χ4n) is 2.93. The second-order valence-electron chi connectivity index (χ2n) is 5.78. The van der Waals surface area contributed by atoms with Gasteiger partial charge in [-0.1, -0.05) is 13.8 Å². The number of aromatic amines is 1. The first-order chi connectivity index (χ1) is 9.51. The Bertz CT molecular complexity index is 505. The average molecular weight is 282 g/mol. The summed E-state index contributed by atoms with van der Waals surface area (Å²) in [5.74, 6) is 1.36. The first-order valence-corrected chi connectivity index (χ1v) is 7.04. The van der Waals surface area contributed by atoms with Crippen molar-refractivity contribution in [2.24, 2.45) is 5.92 Å². The molecular weight excluding hydrogens is 260 g/mol. The maximum Gasteiger partial charge on any atom is 0.409 e. The summed E-state index contributed by atoms with van der Waals surface area (Å²) < 4.78 is 10.1. The van der Waals surface area contributed by atoms with Gasteiger partial charge in [-0.2, -0.15) is 5.16 Å². The van der Waals surface area contributed by atoms with Crippen LogP contribution in [-0.4, -0.2) is 35.8 Å². The number of hydrogen-bond donors (Lipinski definition) is 1. The molecule has 1 aliphatic heterocycles. The minimum absolute atomic E-state index is 0.126. The molecule has 2 heterocycles. The number of hydrogen-bond acceptors (Lipinski definition) is 4. The lowest BCUT2D eigenvalue weighted by Crippen LogP contribution is -2.46. The normalized spacial score (nSPS) is 23.1. The minimum Gasteiger partial charge on any atom is -0.453 e. The number of piperidine rings is 1. The quantitative estimate of drug-likeness (QED) is 0.923. The van der Waals surface area contributed by atoms with Crippen molar-refractivity contribution in [2.75, 3.05) is 13.7 Å². The highest BCUT2D eigenvalue weighted by molar-refractivity contribution is 5.68. The summed E-state index contributed by atoms with van der Waals surface area (Å²) in [6.07, 6.45) is 2.23. The number of aromatic nitrogens is 1. The van der Waals surface area contributed by atoms with Crippen LogP contribution in [0.15, 0.2) is 15.4 Å². The third kappa shape index (κ3) is 3.23. The van der Waals surface area contributed by atoms with Gasteiger partial charge >= 0.3 is 6.09 Å². The topological polar surface area (TPSA) is 75.5 Å². The van der Waals surface area contributed by atoms with E-state index in [1.54, 1.807) is 4.90 Å². The van der Waals surface area contributed by atoms with Gasteiger partial charge in [-0.05, 0) is 25.2 Å². The number of methoxy groups -OCH3 is 1. The summed E-state index contributed by atoms with van der Waals surface area (Å²) >= 11 is 0. The summed E-state index contributed by atoms with van der Waals surface area (Å²) in [7, 11) is 1.41. The van der Waals surface area contributed by atoms with E-state index in [9.17, 15) is 9.59 Å². The molecular formula is C14H22N2O4. The van der Waals surface area contributed by atoms with Crippen molar-refractivity contribution in [3.05, 3.63) is 22.2 Å². The molecule has 0 aromatic carbocycles. The van der Waals surface area contributed by atoms with Crippen molar-refractivity contribution in [3.63, 3.8) is 0 Å². The first-order valence-electron chi connectivity index (χ1n) is 7.04. The maximum atomic E-state index is 11.8. The summed E-state index contributed by atoms with van der Waals surface area (Å²) in [4.78, 5) is 24.8. The number of nitrogens with one attached hydrogen (secondary N) is 1. The number of H-pyrrole nitrogens is 1. The molecule has 1 saturated heterocycles. The third-order valence-electron chi connectivity index (χ3n) is 3.81. The monoisotopic (exact) mass is 282 g/mol. The molecule has 1 N–H and O–H groups in total. The van der Waals surface area contributed by atoms with Gasteiger partial charge in [0.2, 0.25) is 0 Å². The Balaban J connectivity index is 2.12. The summed E-state index contributed by atoms with van der Waals surface area (Å²) in [5.41, 5.74) is -0.212. The van der Waals surface area contributed by atoms with Crippen LogP contribution < -0.4 is 5.56 Å². The highest BCUT2D eigenvalue weighted by Crippen LogP contribution is 2.33. The zero-order valence-electron chi connectivity index (χ0n) is 12.2. The predicted octanol–water partition coefficient (Wildman–Crippen LogP) is 2.33. The smallest absolute Gasteiger partial charge is 0.409 e. The number of ether oxygens (including phenoxy) is 1. The van der Waals surface area contributed by atoms with E-state index < -0.39 is 0 Å². The molecule has 112 valence electrons. The number of amides is 1. The van der Waals surface area contributed by atoms with Gasteiger partial charge < -0.3 is 14.2 Å². The lowest BCUT2D eigenvalue weighted by molar-refractivity contribution is 0.0747. The van der Waals surface area contributed by atoms with Gasteiger partial charge in [-0.25, -0.2) is 4.79 Å². The predicted molar refractivity (Wildman–Crippen MR) is 73.7 cm³/mol. The highest BCUT2D eigenvalue weighted by atomic mass is 16.5. The van der Waals surface area contributed by atoms with Gasteiger partial charge in [0.15, 0.2) is 0 Å². The molecule has 0 unspecified atom stereocenters. The molecule has 6 heteroatoms. The Kier molecular flexibility index (Phi) is 4.52. The number of likely N-dealkylation sites (tertiary alicyclic amines) is 1. The molecule has 2 rings (SSSR count). The van der Waals surface area contributed by atoms with E-state index in [4.69, 9.17) is 9.26 Å². The fourth-order valence-corrected chi connectivity index (χ4v) is 2.93. The molecule has 0 saturated carbocycles.